The van der Waals surface area contributed by atoms with Crippen molar-refractivity contribution in [1.82, 2.24) is 29.7 Å². The molecule has 6 aromatic rings. The lowest BCUT2D eigenvalue weighted by Crippen LogP contribution is -2.47. The minimum atomic E-state index is -0.316. The van der Waals surface area contributed by atoms with Gasteiger partial charge >= 0.3 is 0 Å². The number of hydrogen-bond donors (Lipinski definition) is 4. The number of aromatic nitrogens is 4. The lowest BCUT2D eigenvalue weighted by atomic mass is 10.2. The second kappa shape index (κ2) is 30.4. The maximum absolute atomic E-state index is 12.6. The number of hydrogen-bond acceptors (Lipinski definition) is 18. The van der Waals surface area contributed by atoms with Gasteiger partial charge in [-0.2, -0.15) is 9.97 Å². The molecule has 2 fully saturated rings. The van der Waals surface area contributed by atoms with Crippen molar-refractivity contribution in [2.75, 3.05) is 125 Å². The Morgan fingerprint density at radius 3 is 1.53 bits per heavy atom. The Bertz CT molecular complexity index is 2780. The highest BCUT2D eigenvalue weighted by Crippen LogP contribution is 2.33. The van der Waals surface area contributed by atoms with E-state index in [4.69, 9.17) is 47.1 Å². The molecule has 4 heterocycles. The Morgan fingerprint density at radius 1 is 0.653 bits per heavy atom. The molecule has 8 rings (SSSR count). The maximum atomic E-state index is 12.6. The number of nitrogens with one attached hydrogen (secondary N) is 3. The van der Waals surface area contributed by atoms with Gasteiger partial charge in [-0.15, -0.1) is 0 Å². The molecular weight excluding hydrogens is 990 g/mol. The van der Waals surface area contributed by atoms with Crippen LogP contribution in [0.3, 0.4) is 0 Å². The predicted molar refractivity (Wildman–Crippen MR) is 286 cm³/mol. The first-order valence-electron chi connectivity index (χ1n) is 23.4. The fraction of sp³-hybridized carbons (Fsp3) is 0.269. The molecule has 2 amide bonds. The molecule has 23 heteroatoms. The van der Waals surface area contributed by atoms with Gasteiger partial charge in [-0.1, -0.05) is 25.3 Å². The Balaban J connectivity index is 0.000000225. The molecular formula is C52H59ClF2N14O6. The van der Waals surface area contributed by atoms with Crippen LogP contribution in [0.4, 0.5) is 48.9 Å². The van der Waals surface area contributed by atoms with E-state index >= 15 is 0 Å². The number of anilines is 7. The van der Waals surface area contributed by atoms with Crippen molar-refractivity contribution < 1.29 is 37.3 Å². The standard InChI is InChI=1S/C26H29FN6O3.C14H12ClN3O3.C12H18FN3.N2/c1-3-24(34)29-20-5-4-6-22(17-20)36-25-23(35-2)18-28-26(31-25)30-19-7-9-21(10-8-19)33-15-13-32(12-11-27)14-16-33;1-3-12(19)17-9-5-4-6-10(7-9)21-13-11(20-2)8-16-14(15)18-13;13-5-6-15-7-9-16(10-8-15)12-3-1-11(14)2-4-12;1-2/h3-10,17-18H,1,11-16H2,2H3,(H,29,34)(H,28,30,31);3-8H,1H2,2H3,(H,17,19);1-4H,5-10,14H2;. The summed E-state index contributed by atoms with van der Waals surface area (Å²) in [5.41, 5.74) is 10.7. The number of amides is 2. The quantitative estimate of drug-likeness (QED) is 0.0272. The van der Waals surface area contributed by atoms with Crippen molar-refractivity contribution in [1.29, 1.82) is 10.8 Å². The fourth-order valence-electron chi connectivity index (χ4n) is 7.33. The minimum Gasteiger partial charge on any atom is -0.490 e. The molecule has 2 saturated heterocycles. The number of rotatable bonds is 18. The average molecular weight is 1050 g/mol. The number of nitrogen functional groups attached to an aromatic ring is 1. The summed E-state index contributed by atoms with van der Waals surface area (Å²) in [6.07, 6.45) is 5.31. The second-order valence-electron chi connectivity index (χ2n) is 16.0. The molecule has 0 aliphatic carbocycles. The van der Waals surface area contributed by atoms with Crippen LogP contribution in [0.25, 0.3) is 0 Å². The molecule has 0 atom stereocenters. The summed E-state index contributed by atoms with van der Waals surface area (Å²) in [5, 5.41) is 20.6. The predicted octanol–water partition coefficient (Wildman–Crippen LogP) is 8.68. The number of carbonyl (C=O) groups excluding carboxylic acids is 2. The summed E-state index contributed by atoms with van der Waals surface area (Å²) in [7, 11) is 2.98. The van der Waals surface area contributed by atoms with Crippen LogP contribution in [0.1, 0.15) is 0 Å². The number of piperazine rings is 2. The third-order valence-electron chi connectivity index (χ3n) is 11.2. The Morgan fingerprint density at radius 2 is 1.09 bits per heavy atom. The molecule has 20 nitrogen and oxygen atoms in total. The van der Waals surface area contributed by atoms with Crippen LogP contribution in [0.2, 0.25) is 5.28 Å². The van der Waals surface area contributed by atoms with E-state index in [0.717, 1.165) is 69.4 Å². The molecule has 0 unspecified atom stereocenters. The number of nitrogens with two attached hydrogens (primary N) is 1. The van der Waals surface area contributed by atoms with Gasteiger partial charge in [0.25, 0.3) is 11.8 Å². The van der Waals surface area contributed by atoms with Gasteiger partial charge in [0.2, 0.25) is 23.0 Å². The van der Waals surface area contributed by atoms with Crippen LogP contribution in [0.15, 0.2) is 135 Å². The summed E-state index contributed by atoms with van der Waals surface area (Å²) < 4.78 is 46.7. The van der Waals surface area contributed by atoms with Crippen LogP contribution < -0.4 is 50.4 Å². The SMILES string of the molecule is C=CC(=O)Nc1cccc(Oc2nc(Cl)ncc2OC)c1.C=CC(=O)Nc1cccc(Oc2nc(Nc3ccc(N4CCN(CCF)CC4)cc3)ncc2OC)c1.N#N.Nc1ccc(N2CCN(CCF)CC2)cc1. The highest BCUT2D eigenvalue weighted by molar-refractivity contribution is 6.28. The molecule has 5 N–H and O–H groups in total. The van der Waals surface area contributed by atoms with Crippen LogP contribution in [0, 0.1) is 10.8 Å². The van der Waals surface area contributed by atoms with Gasteiger partial charge in [-0.25, -0.2) is 18.7 Å². The molecule has 2 aliphatic heterocycles. The van der Waals surface area contributed by atoms with Gasteiger partial charge in [0.15, 0.2) is 11.5 Å². The summed E-state index contributed by atoms with van der Waals surface area (Å²) in [6.45, 7) is 14.6. The summed E-state index contributed by atoms with van der Waals surface area (Å²) in [4.78, 5) is 48.3. The van der Waals surface area contributed by atoms with Gasteiger partial charge in [-0.3, -0.25) is 19.4 Å². The second-order valence-corrected chi connectivity index (χ2v) is 16.4. The zero-order valence-corrected chi connectivity index (χ0v) is 42.3. The molecule has 0 spiro atoms. The van der Waals surface area contributed by atoms with Crippen LogP contribution in [0.5, 0.6) is 34.8 Å². The van der Waals surface area contributed by atoms with E-state index in [1.807, 2.05) is 48.5 Å². The van der Waals surface area contributed by atoms with E-state index in [2.05, 4.69) is 68.6 Å². The van der Waals surface area contributed by atoms with E-state index in [9.17, 15) is 18.4 Å². The fourth-order valence-corrected chi connectivity index (χ4v) is 7.45. The van der Waals surface area contributed by atoms with E-state index in [1.165, 1.54) is 44.5 Å². The van der Waals surface area contributed by atoms with Crippen molar-refractivity contribution >= 4 is 63.5 Å². The molecule has 2 aliphatic rings. The van der Waals surface area contributed by atoms with E-state index in [0.29, 0.717) is 53.4 Å². The summed E-state index contributed by atoms with van der Waals surface area (Å²) in [6, 6.07) is 29.6. The third kappa shape index (κ3) is 18.4. The normalized spacial score (nSPS) is 13.1. The van der Waals surface area contributed by atoms with Gasteiger partial charge in [0.1, 0.15) is 24.8 Å². The smallest absolute Gasteiger partial charge is 0.267 e. The molecule has 75 heavy (non-hydrogen) atoms. The van der Waals surface area contributed by atoms with Gasteiger partial charge in [0.05, 0.1) is 26.6 Å². The highest BCUT2D eigenvalue weighted by atomic mass is 35.5. The topological polar surface area (TPSA) is 245 Å². The molecule has 0 radical (unpaired) electrons. The van der Waals surface area contributed by atoms with Crippen molar-refractivity contribution in [3.8, 4) is 34.8 Å². The molecule has 394 valence electrons. The van der Waals surface area contributed by atoms with Crippen LogP contribution >= 0.6 is 11.6 Å². The van der Waals surface area contributed by atoms with E-state index in [1.54, 1.807) is 48.5 Å². The number of halogens is 3. The zero-order valence-electron chi connectivity index (χ0n) is 41.6. The monoisotopic (exact) mass is 1050 g/mol. The maximum Gasteiger partial charge on any atom is 0.267 e. The van der Waals surface area contributed by atoms with Gasteiger partial charge in [0, 0.05) is 122 Å². The third-order valence-corrected chi connectivity index (χ3v) is 11.3. The Hall–Kier alpha value is -8.65. The van der Waals surface area contributed by atoms with Crippen molar-refractivity contribution in [2.45, 2.75) is 0 Å². The first-order chi connectivity index (χ1) is 36.5. The van der Waals surface area contributed by atoms with Crippen molar-refractivity contribution in [3.05, 3.63) is 140 Å². The Kier molecular flexibility index (Phi) is 23.2. The summed E-state index contributed by atoms with van der Waals surface area (Å²) in [5.74, 6) is 1.77. The van der Waals surface area contributed by atoms with Crippen molar-refractivity contribution in [2.24, 2.45) is 0 Å². The van der Waals surface area contributed by atoms with E-state index in [-0.39, 0.29) is 42.2 Å². The average Bonchev–Trinajstić information content (AvgIpc) is 3.43. The minimum absolute atomic E-state index is 0.0434. The highest BCUT2D eigenvalue weighted by Gasteiger charge is 2.19. The number of ether oxygens (including phenoxy) is 4. The number of carbonyl (C=O) groups is 2. The first kappa shape index (κ1) is 57.3. The molecule has 0 saturated carbocycles. The number of benzene rings is 4. The molecule has 4 aromatic carbocycles. The van der Waals surface area contributed by atoms with Crippen LogP contribution in [-0.2, 0) is 9.59 Å². The number of nitrogens with zero attached hydrogens (tertiary/aromatic N) is 10. The van der Waals surface area contributed by atoms with Gasteiger partial charge in [-0.05, 0) is 96.5 Å². The Labute approximate surface area is 439 Å². The lowest BCUT2D eigenvalue weighted by molar-refractivity contribution is -0.112. The zero-order chi connectivity index (χ0) is 54.0. The number of alkyl halides is 2. The first-order valence-corrected chi connectivity index (χ1v) is 23.8. The van der Waals surface area contributed by atoms with Gasteiger partial charge < -0.3 is 50.4 Å². The number of methoxy groups -OCH3 is 2. The van der Waals surface area contributed by atoms with Crippen molar-refractivity contribution in [3.63, 3.8) is 0 Å². The van der Waals surface area contributed by atoms with E-state index < -0.39 is 0 Å². The lowest BCUT2D eigenvalue weighted by Gasteiger charge is -2.35. The van der Waals surface area contributed by atoms with Crippen LogP contribution in [-0.4, -0.2) is 135 Å². The summed E-state index contributed by atoms with van der Waals surface area (Å²) >= 11 is 5.73. The molecule has 0 bridgehead atoms. The largest absolute Gasteiger partial charge is 0.490 e. The molecule has 2 aromatic heterocycles.